The summed E-state index contributed by atoms with van der Waals surface area (Å²) in [5.74, 6) is 0.942. The fourth-order valence-corrected chi connectivity index (χ4v) is 9.81. The summed E-state index contributed by atoms with van der Waals surface area (Å²) < 4.78 is 26.5. The van der Waals surface area contributed by atoms with Crippen LogP contribution in [0.5, 0.6) is 0 Å². The van der Waals surface area contributed by atoms with Crippen molar-refractivity contribution in [1.82, 2.24) is 0 Å². The second kappa shape index (κ2) is 11.1. The lowest BCUT2D eigenvalue weighted by atomic mass is 9.58. The van der Waals surface area contributed by atoms with Gasteiger partial charge in [-0.1, -0.05) is 146 Å². The molecule has 2 aromatic heterocycles. The quantitative estimate of drug-likeness (QED) is 0.171. The molecule has 0 radical (unpaired) electrons. The Kier molecular flexibility index (Phi) is 6.09. The molecule has 5 nitrogen and oxygen atoms in total. The zero-order chi connectivity index (χ0) is 35.5. The van der Waals surface area contributed by atoms with Gasteiger partial charge in [-0.15, -0.1) is 0 Å². The number of carbonyl (C=O) groups is 1. The van der Waals surface area contributed by atoms with Crippen LogP contribution in [-0.4, -0.2) is 18.4 Å². The van der Waals surface area contributed by atoms with Crippen LogP contribution in [0.1, 0.15) is 34.1 Å². The van der Waals surface area contributed by atoms with Gasteiger partial charge in [-0.3, -0.25) is 0 Å². The lowest BCUT2D eigenvalue weighted by molar-refractivity contribution is 0.103. The fourth-order valence-electron chi connectivity index (χ4n) is 9.81. The third-order valence-corrected chi connectivity index (χ3v) is 11.8. The number of carbonyl (C=O) groups excluding carboxylic acids is 1. The van der Waals surface area contributed by atoms with Gasteiger partial charge in [0.1, 0.15) is 22.7 Å². The highest BCUT2D eigenvalue weighted by atomic mass is 16.8. The van der Waals surface area contributed by atoms with Crippen molar-refractivity contribution in [3.63, 3.8) is 0 Å². The highest BCUT2D eigenvalue weighted by molar-refractivity contribution is 6.15. The van der Waals surface area contributed by atoms with E-state index < -0.39 is 18.4 Å². The predicted molar refractivity (Wildman–Crippen MR) is 211 cm³/mol. The summed E-state index contributed by atoms with van der Waals surface area (Å²) in [6.07, 6.45) is -1.64. The van der Waals surface area contributed by atoms with Gasteiger partial charge in [0.2, 0.25) is 0 Å². The van der Waals surface area contributed by atoms with Crippen LogP contribution in [0.4, 0.5) is 4.79 Å². The largest absolute Gasteiger partial charge is 0.509 e. The van der Waals surface area contributed by atoms with Gasteiger partial charge in [-0.2, -0.15) is 0 Å². The summed E-state index contributed by atoms with van der Waals surface area (Å²) in [6.45, 7) is 0. The lowest BCUT2D eigenvalue weighted by Crippen LogP contribution is -2.46. The number of furan rings is 2. The molecule has 4 unspecified atom stereocenters. The topological polar surface area (TPSA) is 61.8 Å². The first kappa shape index (κ1) is 29.7. The number of para-hydroxylation sites is 2. The molecule has 1 fully saturated rings. The molecule has 2 bridgehead atoms. The Morgan fingerprint density at radius 3 is 1.19 bits per heavy atom. The third kappa shape index (κ3) is 3.96. The van der Waals surface area contributed by atoms with Crippen molar-refractivity contribution in [2.75, 3.05) is 0 Å². The molecule has 4 aliphatic rings. The molecule has 7 aromatic carbocycles. The Bertz CT molecular complexity index is 2790. The molecule has 3 heterocycles. The van der Waals surface area contributed by atoms with E-state index in [-0.39, 0.29) is 11.8 Å². The van der Waals surface area contributed by atoms with Gasteiger partial charge in [-0.05, 0) is 56.3 Å². The molecule has 5 heteroatoms. The number of rotatable bonds is 4. The smallest absolute Gasteiger partial charge is 0.455 e. The van der Waals surface area contributed by atoms with Gasteiger partial charge >= 0.3 is 6.16 Å². The molecule has 256 valence electrons. The SMILES string of the molecule is O=C1OC2C3c4ccccc4C(c4c3c(-c3oc5ccccc5c3-c3ccccc3)c3ccccc3c4-c3oc4ccccc4c3-c3ccccc3)C2O1. The van der Waals surface area contributed by atoms with E-state index in [0.717, 1.165) is 99.9 Å². The van der Waals surface area contributed by atoms with E-state index in [1.54, 1.807) is 0 Å². The molecule has 4 atom stereocenters. The normalized spacial score (nSPS) is 19.4. The van der Waals surface area contributed by atoms with E-state index in [0.29, 0.717) is 0 Å². The van der Waals surface area contributed by atoms with E-state index in [1.165, 1.54) is 0 Å². The minimum atomic E-state index is -0.629. The van der Waals surface area contributed by atoms with Crippen LogP contribution in [-0.2, 0) is 9.47 Å². The second-order valence-electron chi connectivity index (χ2n) is 14.5. The molecule has 0 amide bonds. The van der Waals surface area contributed by atoms with Gasteiger partial charge < -0.3 is 18.3 Å². The van der Waals surface area contributed by atoms with Gasteiger partial charge in [-0.25, -0.2) is 4.79 Å². The molecule has 0 saturated carbocycles. The number of fused-ring (bicyclic) bond motifs is 3. The Morgan fingerprint density at radius 1 is 0.370 bits per heavy atom. The van der Waals surface area contributed by atoms with Gasteiger partial charge in [0.05, 0.1) is 11.8 Å². The number of hydrogen-bond donors (Lipinski definition) is 0. The summed E-state index contributed by atoms with van der Waals surface area (Å²) in [5, 5.41) is 4.15. The lowest BCUT2D eigenvalue weighted by Gasteiger charge is -2.47. The van der Waals surface area contributed by atoms with Crippen LogP contribution in [0.25, 0.3) is 77.6 Å². The minimum Gasteiger partial charge on any atom is -0.455 e. The van der Waals surface area contributed by atoms with Crippen LogP contribution >= 0.6 is 0 Å². The van der Waals surface area contributed by atoms with Crippen LogP contribution in [0.15, 0.2) is 167 Å². The van der Waals surface area contributed by atoms with Crippen LogP contribution in [0.3, 0.4) is 0 Å². The van der Waals surface area contributed by atoms with Gasteiger partial charge in [0.15, 0.2) is 12.2 Å². The van der Waals surface area contributed by atoms with Crippen molar-refractivity contribution in [2.45, 2.75) is 24.0 Å². The number of ether oxygens (including phenoxy) is 2. The van der Waals surface area contributed by atoms with Crippen molar-refractivity contribution in [2.24, 2.45) is 0 Å². The molecular formula is C49H30O5. The average Bonchev–Trinajstić information content (AvgIpc) is 3.93. The summed E-state index contributed by atoms with van der Waals surface area (Å²) in [6, 6.07) is 54.6. The van der Waals surface area contributed by atoms with Gasteiger partial charge in [0.25, 0.3) is 0 Å². The third-order valence-electron chi connectivity index (χ3n) is 11.8. The van der Waals surface area contributed by atoms with Crippen LogP contribution in [0.2, 0.25) is 0 Å². The first-order chi connectivity index (χ1) is 26.7. The highest BCUT2D eigenvalue weighted by Crippen LogP contribution is 2.64. The monoisotopic (exact) mass is 698 g/mol. The molecule has 13 rings (SSSR count). The van der Waals surface area contributed by atoms with Crippen LogP contribution in [0, 0.1) is 0 Å². The molecular weight excluding hydrogens is 669 g/mol. The molecule has 3 aliphatic carbocycles. The number of hydrogen-bond acceptors (Lipinski definition) is 5. The zero-order valence-corrected chi connectivity index (χ0v) is 28.9. The zero-order valence-electron chi connectivity index (χ0n) is 28.9. The minimum absolute atomic E-state index is 0.322. The molecule has 54 heavy (non-hydrogen) atoms. The summed E-state index contributed by atoms with van der Waals surface area (Å²) in [7, 11) is 0. The first-order valence-corrected chi connectivity index (χ1v) is 18.4. The van der Waals surface area contributed by atoms with Crippen LogP contribution < -0.4 is 0 Å². The Morgan fingerprint density at radius 2 is 0.741 bits per heavy atom. The van der Waals surface area contributed by atoms with E-state index in [4.69, 9.17) is 18.3 Å². The molecule has 1 saturated heterocycles. The van der Waals surface area contributed by atoms with Crippen molar-refractivity contribution in [3.05, 3.63) is 180 Å². The standard InChI is InChI=1S/C49H30O5/c50-49-53-47-41-31-21-9-10-22-32(31)42(48(47)54-49)44-40(46-38(28-17-5-2-6-18-28)34-24-12-14-26-36(34)52-46)30-20-8-7-19-29(30)39(43(41)44)45-37(27-15-3-1-4-16-27)33-23-11-13-25-35(33)51-45/h1-26,41-42,47-48H. The maximum Gasteiger partial charge on any atom is 0.509 e. The van der Waals surface area contributed by atoms with Gasteiger partial charge in [0, 0.05) is 33.0 Å². The fraction of sp³-hybridized carbons (Fsp3) is 0.0816. The van der Waals surface area contributed by atoms with E-state index >= 15 is 0 Å². The molecule has 9 aromatic rings. The Balaban J connectivity index is 1.30. The Hall–Kier alpha value is -6.85. The molecule has 0 N–H and O–H groups in total. The average molecular weight is 699 g/mol. The maximum atomic E-state index is 13.2. The molecule has 1 aliphatic heterocycles. The van der Waals surface area contributed by atoms with E-state index in [2.05, 4.69) is 121 Å². The Labute approximate surface area is 310 Å². The van der Waals surface area contributed by atoms with Crippen molar-refractivity contribution < 1.29 is 23.1 Å². The summed E-state index contributed by atoms with van der Waals surface area (Å²) in [4.78, 5) is 13.2. The first-order valence-electron chi connectivity index (χ1n) is 18.4. The number of benzene rings is 7. The summed E-state index contributed by atoms with van der Waals surface area (Å²) >= 11 is 0. The van der Waals surface area contributed by atoms with E-state index in [9.17, 15) is 4.79 Å². The van der Waals surface area contributed by atoms with Crippen molar-refractivity contribution in [3.8, 4) is 44.9 Å². The van der Waals surface area contributed by atoms with Crippen molar-refractivity contribution in [1.29, 1.82) is 0 Å². The second-order valence-corrected chi connectivity index (χ2v) is 14.5. The van der Waals surface area contributed by atoms with Crippen molar-refractivity contribution >= 4 is 38.9 Å². The summed E-state index contributed by atoms with van der Waals surface area (Å²) in [5.41, 5.74) is 12.3. The highest BCUT2D eigenvalue weighted by Gasteiger charge is 2.59. The molecule has 0 spiro atoms. The van der Waals surface area contributed by atoms with E-state index in [1.807, 2.05) is 36.4 Å². The maximum absolute atomic E-state index is 13.2. The predicted octanol–water partition coefficient (Wildman–Crippen LogP) is 12.5.